The summed E-state index contributed by atoms with van der Waals surface area (Å²) in [4.78, 5) is 2.32. The average molecular weight is 296 g/mol. The summed E-state index contributed by atoms with van der Waals surface area (Å²) in [6.07, 6.45) is 6.21. The second kappa shape index (κ2) is 7.85. The fraction of sp³-hybridized carbons (Fsp3) is 0.647. The highest BCUT2D eigenvalue weighted by molar-refractivity contribution is 5.22. The van der Waals surface area contributed by atoms with Gasteiger partial charge in [-0.2, -0.15) is 0 Å². The third-order valence-corrected chi connectivity index (χ3v) is 4.45. The SMILES string of the molecule is CCCC1CCCN(CC(N)c2ccc(F)cc2F)CC1. The molecule has 0 aliphatic carbocycles. The van der Waals surface area contributed by atoms with Gasteiger partial charge in [0.05, 0.1) is 0 Å². The summed E-state index contributed by atoms with van der Waals surface area (Å²) in [7, 11) is 0. The Morgan fingerprint density at radius 2 is 2.10 bits per heavy atom. The van der Waals surface area contributed by atoms with E-state index in [1.165, 1.54) is 44.2 Å². The van der Waals surface area contributed by atoms with E-state index in [-0.39, 0.29) is 0 Å². The minimum atomic E-state index is -0.555. The molecule has 1 heterocycles. The van der Waals surface area contributed by atoms with Crippen LogP contribution in [0, 0.1) is 17.6 Å². The van der Waals surface area contributed by atoms with Crippen molar-refractivity contribution in [3.05, 3.63) is 35.4 Å². The van der Waals surface area contributed by atoms with Crippen molar-refractivity contribution in [2.45, 2.75) is 45.1 Å². The molecule has 2 nitrogen and oxygen atoms in total. The second-order valence-electron chi connectivity index (χ2n) is 6.16. The van der Waals surface area contributed by atoms with Gasteiger partial charge in [-0.15, -0.1) is 0 Å². The summed E-state index contributed by atoms with van der Waals surface area (Å²) in [6.45, 7) is 4.93. The van der Waals surface area contributed by atoms with Crippen LogP contribution in [-0.2, 0) is 0 Å². The molecule has 1 fully saturated rings. The van der Waals surface area contributed by atoms with Gasteiger partial charge in [0.15, 0.2) is 0 Å². The highest BCUT2D eigenvalue weighted by Gasteiger charge is 2.20. The number of hydrogen-bond donors (Lipinski definition) is 1. The van der Waals surface area contributed by atoms with Gasteiger partial charge in [-0.25, -0.2) is 8.78 Å². The van der Waals surface area contributed by atoms with E-state index in [4.69, 9.17) is 5.73 Å². The summed E-state index contributed by atoms with van der Waals surface area (Å²) in [5, 5.41) is 0. The molecule has 1 aliphatic rings. The summed E-state index contributed by atoms with van der Waals surface area (Å²) in [5.74, 6) is -0.277. The van der Waals surface area contributed by atoms with Crippen LogP contribution >= 0.6 is 0 Å². The Labute approximate surface area is 126 Å². The van der Waals surface area contributed by atoms with Crippen LogP contribution in [0.3, 0.4) is 0 Å². The molecule has 1 aromatic rings. The summed E-state index contributed by atoms with van der Waals surface area (Å²) in [5.41, 5.74) is 6.53. The maximum absolute atomic E-state index is 13.8. The lowest BCUT2D eigenvalue weighted by atomic mass is 9.96. The molecule has 2 unspecified atom stereocenters. The summed E-state index contributed by atoms with van der Waals surface area (Å²) < 4.78 is 26.7. The number of likely N-dealkylation sites (tertiary alicyclic amines) is 1. The van der Waals surface area contributed by atoms with Gasteiger partial charge >= 0.3 is 0 Å². The van der Waals surface area contributed by atoms with E-state index >= 15 is 0 Å². The van der Waals surface area contributed by atoms with Crippen LogP contribution in [0.15, 0.2) is 18.2 Å². The number of nitrogens with two attached hydrogens (primary N) is 1. The average Bonchev–Trinajstić information content (AvgIpc) is 2.65. The van der Waals surface area contributed by atoms with Crippen molar-refractivity contribution < 1.29 is 8.78 Å². The third kappa shape index (κ3) is 4.75. The Balaban J connectivity index is 1.91. The van der Waals surface area contributed by atoms with E-state index < -0.39 is 17.7 Å². The van der Waals surface area contributed by atoms with Crippen molar-refractivity contribution in [1.29, 1.82) is 0 Å². The second-order valence-corrected chi connectivity index (χ2v) is 6.16. The molecule has 0 bridgehead atoms. The summed E-state index contributed by atoms with van der Waals surface area (Å²) in [6, 6.07) is 3.26. The van der Waals surface area contributed by atoms with Gasteiger partial charge in [0.25, 0.3) is 0 Å². The minimum absolute atomic E-state index is 0.395. The molecule has 21 heavy (non-hydrogen) atoms. The Bertz CT molecular complexity index is 450. The van der Waals surface area contributed by atoms with Gasteiger partial charge in [0.2, 0.25) is 0 Å². The largest absolute Gasteiger partial charge is 0.323 e. The number of rotatable bonds is 5. The maximum atomic E-state index is 13.8. The maximum Gasteiger partial charge on any atom is 0.130 e. The molecule has 2 N–H and O–H groups in total. The molecule has 0 radical (unpaired) electrons. The molecule has 0 aromatic heterocycles. The Hall–Kier alpha value is -1.00. The van der Waals surface area contributed by atoms with Gasteiger partial charge < -0.3 is 10.6 Å². The van der Waals surface area contributed by atoms with Crippen LogP contribution in [0.25, 0.3) is 0 Å². The smallest absolute Gasteiger partial charge is 0.130 e. The van der Waals surface area contributed by atoms with Crippen LogP contribution in [0.5, 0.6) is 0 Å². The Kier molecular flexibility index (Phi) is 6.12. The van der Waals surface area contributed by atoms with E-state index in [0.717, 1.165) is 25.1 Å². The van der Waals surface area contributed by atoms with E-state index in [1.54, 1.807) is 0 Å². The molecule has 1 aromatic carbocycles. The topological polar surface area (TPSA) is 29.3 Å². The zero-order chi connectivity index (χ0) is 15.2. The van der Waals surface area contributed by atoms with Crippen molar-refractivity contribution in [3.8, 4) is 0 Å². The highest BCUT2D eigenvalue weighted by Crippen LogP contribution is 2.24. The quantitative estimate of drug-likeness (QED) is 0.894. The van der Waals surface area contributed by atoms with Crippen LogP contribution in [0.1, 0.15) is 50.6 Å². The van der Waals surface area contributed by atoms with Crippen LogP contribution < -0.4 is 5.73 Å². The van der Waals surface area contributed by atoms with Crippen molar-refractivity contribution in [1.82, 2.24) is 4.90 Å². The van der Waals surface area contributed by atoms with E-state index in [9.17, 15) is 8.78 Å². The molecule has 1 aliphatic heterocycles. The molecule has 0 spiro atoms. The lowest BCUT2D eigenvalue weighted by Crippen LogP contribution is -2.33. The molecule has 118 valence electrons. The fourth-order valence-electron chi connectivity index (χ4n) is 3.28. The van der Waals surface area contributed by atoms with Crippen molar-refractivity contribution in [2.24, 2.45) is 11.7 Å². The number of hydrogen-bond acceptors (Lipinski definition) is 2. The predicted molar refractivity (Wildman–Crippen MR) is 82.0 cm³/mol. The molecular formula is C17H26F2N2. The standard InChI is InChI=1S/C17H26F2N2/c1-2-4-13-5-3-9-21(10-8-13)12-17(20)15-7-6-14(18)11-16(15)19/h6-7,11,13,17H,2-5,8-10,12,20H2,1H3. The molecule has 4 heteroatoms. The minimum Gasteiger partial charge on any atom is -0.323 e. The first kappa shape index (κ1) is 16.4. The molecule has 0 amide bonds. The van der Waals surface area contributed by atoms with E-state index in [0.29, 0.717) is 12.1 Å². The number of halogens is 2. The fourth-order valence-corrected chi connectivity index (χ4v) is 3.28. The molecule has 0 saturated carbocycles. The normalized spacial score (nSPS) is 22.0. The van der Waals surface area contributed by atoms with Crippen LogP contribution in [0.2, 0.25) is 0 Å². The van der Waals surface area contributed by atoms with E-state index in [1.807, 2.05) is 0 Å². The van der Waals surface area contributed by atoms with Crippen LogP contribution in [0.4, 0.5) is 8.78 Å². The Morgan fingerprint density at radius 3 is 2.81 bits per heavy atom. The first-order chi connectivity index (χ1) is 10.1. The predicted octanol–water partition coefficient (Wildman–Crippen LogP) is 3.87. The van der Waals surface area contributed by atoms with Gasteiger partial charge in [0, 0.05) is 24.2 Å². The lowest BCUT2D eigenvalue weighted by Gasteiger charge is -2.24. The zero-order valence-electron chi connectivity index (χ0n) is 12.8. The van der Waals surface area contributed by atoms with Crippen molar-refractivity contribution >= 4 is 0 Å². The van der Waals surface area contributed by atoms with Gasteiger partial charge in [0.1, 0.15) is 11.6 Å². The first-order valence-electron chi connectivity index (χ1n) is 8.03. The molecule has 2 rings (SSSR count). The highest BCUT2D eigenvalue weighted by atomic mass is 19.1. The molecule has 2 atom stereocenters. The van der Waals surface area contributed by atoms with Gasteiger partial charge in [-0.3, -0.25) is 0 Å². The first-order valence-corrected chi connectivity index (χ1v) is 8.03. The third-order valence-electron chi connectivity index (χ3n) is 4.45. The van der Waals surface area contributed by atoms with Gasteiger partial charge in [-0.05, 0) is 44.3 Å². The number of benzene rings is 1. The van der Waals surface area contributed by atoms with Crippen molar-refractivity contribution in [2.75, 3.05) is 19.6 Å². The van der Waals surface area contributed by atoms with E-state index in [2.05, 4.69) is 11.8 Å². The zero-order valence-corrected chi connectivity index (χ0v) is 12.8. The van der Waals surface area contributed by atoms with Crippen molar-refractivity contribution in [3.63, 3.8) is 0 Å². The molecule has 1 saturated heterocycles. The molecular weight excluding hydrogens is 270 g/mol. The lowest BCUT2D eigenvalue weighted by molar-refractivity contribution is 0.261. The summed E-state index contributed by atoms with van der Waals surface area (Å²) >= 11 is 0. The van der Waals surface area contributed by atoms with Crippen LogP contribution in [-0.4, -0.2) is 24.5 Å². The Morgan fingerprint density at radius 1 is 1.29 bits per heavy atom. The monoisotopic (exact) mass is 296 g/mol. The number of nitrogens with zero attached hydrogens (tertiary/aromatic N) is 1. The van der Waals surface area contributed by atoms with Gasteiger partial charge in [-0.1, -0.05) is 25.8 Å².